The molecule has 1 aromatic rings. The number of carboxylic acid groups (broad SMARTS) is 1. The van der Waals surface area contributed by atoms with Gasteiger partial charge in [-0.2, -0.15) is 0 Å². The number of hydrogen-bond acceptors (Lipinski definition) is 5. The zero-order valence-electron chi connectivity index (χ0n) is 11.6. The molecule has 118 valence electrons. The van der Waals surface area contributed by atoms with Crippen molar-refractivity contribution >= 4 is 33.2 Å². The molecule has 0 radical (unpaired) electrons. The van der Waals surface area contributed by atoms with E-state index in [1.807, 2.05) is 6.92 Å². The number of thiophene rings is 1. The molecular formula is C12H18N2O5S2. The van der Waals surface area contributed by atoms with E-state index in [1.165, 1.54) is 12.1 Å². The Labute approximate surface area is 127 Å². The summed E-state index contributed by atoms with van der Waals surface area (Å²) in [5.74, 6) is -1.22. The summed E-state index contributed by atoms with van der Waals surface area (Å²) in [5.41, 5.74) is 0. The van der Waals surface area contributed by atoms with Crippen molar-refractivity contribution in [2.75, 3.05) is 13.1 Å². The number of aliphatic carboxylic acids is 1. The van der Waals surface area contributed by atoms with Crippen LogP contribution in [0.25, 0.3) is 0 Å². The van der Waals surface area contributed by atoms with E-state index in [1.54, 1.807) is 0 Å². The van der Waals surface area contributed by atoms with Gasteiger partial charge in [-0.3, -0.25) is 9.59 Å². The van der Waals surface area contributed by atoms with Crippen LogP contribution in [-0.4, -0.2) is 38.5 Å². The number of nitrogens with one attached hydrogen (secondary N) is 2. The van der Waals surface area contributed by atoms with Crippen molar-refractivity contribution in [3.63, 3.8) is 0 Å². The minimum atomic E-state index is -3.70. The Morgan fingerprint density at radius 3 is 2.62 bits per heavy atom. The summed E-state index contributed by atoms with van der Waals surface area (Å²) >= 11 is 0.909. The van der Waals surface area contributed by atoms with Crippen LogP contribution in [0.1, 0.15) is 24.6 Å². The van der Waals surface area contributed by atoms with E-state index in [4.69, 9.17) is 5.11 Å². The molecule has 3 N–H and O–H groups in total. The van der Waals surface area contributed by atoms with Crippen LogP contribution in [0.5, 0.6) is 0 Å². The van der Waals surface area contributed by atoms with Gasteiger partial charge in [0.05, 0.1) is 6.42 Å². The van der Waals surface area contributed by atoms with E-state index in [0.29, 0.717) is 11.4 Å². The van der Waals surface area contributed by atoms with E-state index >= 15 is 0 Å². The summed E-state index contributed by atoms with van der Waals surface area (Å²) < 4.78 is 26.3. The van der Waals surface area contributed by atoms with Gasteiger partial charge in [0.15, 0.2) is 0 Å². The van der Waals surface area contributed by atoms with Crippen molar-refractivity contribution in [2.45, 2.75) is 30.4 Å². The maximum absolute atomic E-state index is 11.9. The van der Waals surface area contributed by atoms with Crippen LogP contribution in [0.4, 0.5) is 0 Å². The molecule has 1 rings (SSSR count). The van der Waals surface area contributed by atoms with Crippen LogP contribution in [0.3, 0.4) is 0 Å². The summed E-state index contributed by atoms with van der Waals surface area (Å²) in [4.78, 5) is 22.4. The fraction of sp³-hybridized carbons (Fsp3) is 0.500. The molecule has 0 saturated carbocycles. The molecule has 0 aliphatic heterocycles. The highest BCUT2D eigenvalue weighted by Gasteiger charge is 2.17. The molecule has 7 nitrogen and oxygen atoms in total. The largest absolute Gasteiger partial charge is 0.481 e. The molecule has 21 heavy (non-hydrogen) atoms. The molecule has 9 heteroatoms. The topological polar surface area (TPSA) is 113 Å². The van der Waals surface area contributed by atoms with Gasteiger partial charge in [-0.1, -0.05) is 6.92 Å². The molecule has 0 fully saturated rings. The first-order valence-corrected chi connectivity index (χ1v) is 8.72. The third-order valence-electron chi connectivity index (χ3n) is 2.44. The lowest BCUT2D eigenvalue weighted by Crippen LogP contribution is -2.30. The lowest BCUT2D eigenvalue weighted by Gasteiger charge is -2.05. The molecule has 1 amide bonds. The molecule has 0 aliphatic carbocycles. The SMILES string of the molecule is CCCNC(=O)CCNS(=O)(=O)c1ccc(CC(=O)O)s1. The second kappa shape index (κ2) is 8.11. The Kier molecular flexibility index (Phi) is 6.79. The van der Waals surface area contributed by atoms with E-state index in [2.05, 4.69) is 10.0 Å². The minimum Gasteiger partial charge on any atom is -0.481 e. The quantitative estimate of drug-likeness (QED) is 0.611. The third kappa shape index (κ3) is 6.23. The van der Waals surface area contributed by atoms with Crippen LogP contribution in [0.15, 0.2) is 16.3 Å². The highest BCUT2D eigenvalue weighted by atomic mass is 32.2. The van der Waals surface area contributed by atoms with Gasteiger partial charge < -0.3 is 10.4 Å². The molecule has 0 bridgehead atoms. The van der Waals surface area contributed by atoms with Crippen molar-refractivity contribution in [1.29, 1.82) is 0 Å². The van der Waals surface area contributed by atoms with Gasteiger partial charge >= 0.3 is 5.97 Å². The van der Waals surface area contributed by atoms with Gasteiger partial charge in [0, 0.05) is 24.4 Å². The fourth-order valence-electron chi connectivity index (χ4n) is 1.47. The number of carbonyl (C=O) groups is 2. The summed E-state index contributed by atoms with van der Waals surface area (Å²) in [7, 11) is -3.70. The normalized spacial score (nSPS) is 11.3. The average Bonchev–Trinajstić information content (AvgIpc) is 2.84. The standard InChI is InChI=1S/C12H18N2O5S2/c1-2-6-13-10(15)5-7-14-21(18,19)12-4-3-9(20-12)8-11(16)17/h3-4,14H,2,5-8H2,1H3,(H,13,15)(H,16,17). The van der Waals surface area contributed by atoms with Crippen molar-refractivity contribution < 1.29 is 23.1 Å². The summed E-state index contributed by atoms with van der Waals surface area (Å²) in [6.07, 6.45) is 0.672. The van der Waals surface area contributed by atoms with Crippen LogP contribution in [-0.2, 0) is 26.0 Å². The molecule has 1 aromatic heterocycles. The summed E-state index contributed by atoms with van der Waals surface area (Å²) in [6.45, 7) is 2.49. The lowest BCUT2D eigenvalue weighted by atomic mass is 10.3. The van der Waals surface area contributed by atoms with E-state index in [0.717, 1.165) is 17.8 Å². The Bertz CT molecular complexity index is 595. The lowest BCUT2D eigenvalue weighted by molar-refractivity contribution is -0.136. The Morgan fingerprint density at radius 2 is 2.00 bits per heavy atom. The van der Waals surface area contributed by atoms with E-state index in [-0.39, 0.29) is 29.5 Å². The Balaban J connectivity index is 2.51. The monoisotopic (exact) mass is 334 g/mol. The molecule has 1 heterocycles. The zero-order valence-corrected chi connectivity index (χ0v) is 13.2. The number of carbonyl (C=O) groups excluding carboxylic acids is 1. The molecule has 0 atom stereocenters. The van der Waals surface area contributed by atoms with Gasteiger partial charge in [-0.25, -0.2) is 13.1 Å². The number of sulfonamides is 1. The fourth-order valence-corrected chi connectivity index (χ4v) is 3.89. The number of amides is 1. The molecule has 0 spiro atoms. The smallest absolute Gasteiger partial charge is 0.308 e. The number of rotatable bonds is 9. The Morgan fingerprint density at radius 1 is 1.29 bits per heavy atom. The second-order valence-corrected chi connectivity index (χ2v) is 7.45. The predicted octanol–water partition coefficient (Wildman–Crippen LogP) is 0.570. The number of hydrogen-bond donors (Lipinski definition) is 3. The highest BCUT2D eigenvalue weighted by molar-refractivity contribution is 7.91. The summed E-state index contributed by atoms with van der Waals surface area (Å²) in [5, 5.41) is 11.3. The zero-order chi connectivity index (χ0) is 15.9. The van der Waals surface area contributed by atoms with Crippen molar-refractivity contribution in [1.82, 2.24) is 10.0 Å². The molecule has 0 aliphatic rings. The number of carboxylic acids is 1. The van der Waals surface area contributed by atoms with Crippen molar-refractivity contribution in [2.24, 2.45) is 0 Å². The van der Waals surface area contributed by atoms with Crippen molar-refractivity contribution in [3.8, 4) is 0 Å². The predicted molar refractivity (Wildman–Crippen MR) is 78.8 cm³/mol. The third-order valence-corrected chi connectivity index (χ3v) is 5.48. The van der Waals surface area contributed by atoms with Gasteiger partial charge in [0.2, 0.25) is 15.9 Å². The van der Waals surface area contributed by atoms with E-state index < -0.39 is 16.0 Å². The first-order chi connectivity index (χ1) is 9.85. The first kappa shape index (κ1) is 17.6. The highest BCUT2D eigenvalue weighted by Crippen LogP contribution is 2.21. The first-order valence-electron chi connectivity index (χ1n) is 6.42. The van der Waals surface area contributed by atoms with Crippen LogP contribution in [0, 0.1) is 0 Å². The second-order valence-electron chi connectivity index (χ2n) is 4.29. The molecule has 0 saturated heterocycles. The maximum atomic E-state index is 11.9. The van der Waals surface area contributed by atoms with Gasteiger partial charge in [0.25, 0.3) is 0 Å². The summed E-state index contributed by atoms with van der Waals surface area (Å²) in [6, 6.07) is 2.84. The van der Waals surface area contributed by atoms with Gasteiger partial charge in [0.1, 0.15) is 4.21 Å². The van der Waals surface area contributed by atoms with Gasteiger partial charge in [-0.15, -0.1) is 11.3 Å². The maximum Gasteiger partial charge on any atom is 0.308 e. The molecule has 0 aromatic carbocycles. The van der Waals surface area contributed by atoms with Crippen LogP contribution < -0.4 is 10.0 Å². The Hall–Kier alpha value is -1.45. The van der Waals surface area contributed by atoms with Crippen LogP contribution >= 0.6 is 11.3 Å². The van der Waals surface area contributed by atoms with E-state index in [9.17, 15) is 18.0 Å². The average molecular weight is 334 g/mol. The molecule has 0 unspecified atom stereocenters. The van der Waals surface area contributed by atoms with Crippen LogP contribution in [0.2, 0.25) is 0 Å². The van der Waals surface area contributed by atoms with Crippen molar-refractivity contribution in [3.05, 3.63) is 17.0 Å². The minimum absolute atomic E-state index is 0.00401. The van der Waals surface area contributed by atoms with Gasteiger partial charge in [-0.05, 0) is 18.6 Å². The molecular weight excluding hydrogens is 316 g/mol.